The summed E-state index contributed by atoms with van der Waals surface area (Å²) in [5.74, 6) is 1.56. The fourth-order valence-corrected chi connectivity index (χ4v) is 3.37. The summed E-state index contributed by atoms with van der Waals surface area (Å²) in [4.78, 5) is 14.3. The number of benzene rings is 1. The quantitative estimate of drug-likeness (QED) is 0.821. The number of halogens is 1. The number of aromatic nitrogens is 3. The second kappa shape index (κ2) is 8.68. The smallest absolute Gasteiger partial charge is 0.223 e. The molecule has 0 aliphatic carbocycles. The van der Waals surface area contributed by atoms with E-state index in [9.17, 15) is 9.18 Å². The van der Waals surface area contributed by atoms with Gasteiger partial charge in [-0.05, 0) is 24.6 Å². The van der Waals surface area contributed by atoms with Gasteiger partial charge >= 0.3 is 0 Å². The van der Waals surface area contributed by atoms with Gasteiger partial charge in [0.05, 0.1) is 13.2 Å². The molecule has 2 heterocycles. The summed E-state index contributed by atoms with van der Waals surface area (Å²) in [6, 6.07) is 4.79. The van der Waals surface area contributed by atoms with E-state index in [-0.39, 0.29) is 29.4 Å². The molecule has 0 saturated heterocycles. The molecular formula is C20H28FN5O2. The van der Waals surface area contributed by atoms with Crippen LogP contribution in [-0.4, -0.2) is 45.8 Å². The van der Waals surface area contributed by atoms with Gasteiger partial charge in [-0.25, -0.2) is 4.39 Å². The Labute approximate surface area is 164 Å². The minimum atomic E-state index is -0.351. The number of carbonyl (C=O) groups is 1. The molecule has 1 aliphatic rings. The highest BCUT2D eigenvalue weighted by Crippen LogP contribution is 2.21. The van der Waals surface area contributed by atoms with Gasteiger partial charge in [0, 0.05) is 38.5 Å². The highest BCUT2D eigenvalue weighted by Gasteiger charge is 2.23. The molecule has 8 heteroatoms. The number of hydrogen-bond acceptors (Lipinski definition) is 5. The Morgan fingerprint density at radius 3 is 2.75 bits per heavy atom. The molecule has 3 rings (SSSR count). The first-order valence-electron chi connectivity index (χ1n) is 9.66. The monoisotopic (exact) mass is 389 g/mol. The molecule has 0 unspecified atom stereocenters. The Bertz CT molecular complexity index is 836. The molecule has 28 heavy (non-hydrogen) atoms. The Morgan fingerprint density at radius 1 is 1.25 bits per heavy atom. The largest absolute Gasteiger partial charge is 0.494 e. The number of ether oxygens (including phenoxy) is 1. The van der Waals surface area contributed by atoms with Crippen LogP contribution in [0.2, 0.25) is 0 Å². The molecule has 2 aromatic rings. The minimum Gasteiger partial charge on any atom is -0.494 e. The number of nitrogens with one attached hydrogen (secondary N) is 1. The van der Waals surface area contributed by atoms with Crippen molar-refractivity contribution in [1.29, 1.82) is 0 Å². The zero-order chi connectivity index (χ0) is 20.3. The predicted octanol–water partition coefficient (Wildman–Crippen LogP) is 2.32. The van der Waals surface area contributed by atoms with E-state index in [4.69, 9.17) is 4.74 Å². The average molecular weight is 389 g/mol. The lowest BCUT2D eigenvalue weighted by atomic mass is 10.2. The summed E-state index contributed by atoms with van der Waals surface area (Å²) in [6.45, 7) is 8.79. The molecule has 0 radical (unpaired) electrons. The van der Waals surface area contributed by atoms with Crippen LogP contribution in [0, 0.1) is 11.7 Å². The highest BCUT2D eigenvalue weighted by molar-refractivity contribution is 5.78. The van der Waals surface area contributed by atoms with Crippen molar-refractivity contribution in [3.8, 4) is 5.75 Å². The topological polar surface area (TPSA) is 72.3 Å². The number of carbonyl (C=O) groups excluding carboxylic acids is 1. The normalized spacial score (nSPS) is 15.8. The van der Waals surface area contributed by atoms with Gasteiger partial charge in [0.1, 0.15) is 5.82 Å². The van der Waals surface area contributed by atoms with Crippen molar-refractivity contribution in [2.45, 2.75) is 46.3 Å². The lowest BCUT2D eigenvalue weighted by Gasteiger charge is -2.20. The molecule has 1 atom stereocenters. The van der Waals surface area contributed by atoms with E-state index in [0.29, 0.717) is 6.54 Å². The van der Waals surface area contributed by atoms with Crippen molar-refractivity contribution in [1.82, 2.24) is 25.0 Å². The van der Waals surface area contributed by atoms with Crippen LogP contribution in [0.15, 0.2) is 18.2 Å². The van der Waals surface area contributed by atoms with Crippen molar-refractivity contribution < 1.29 is 13.9 Å². The predicted molar refractivity (Wildman–Crippen MR) is 103 cm³/mol. The summed E-state index contributed by atoms with van der Waals surface area (Å²) in [5, 5.41) is 11.6. The number of hydrogen-bond donors (Lipinski definition) is 1. The molecule has 7 nitrogen and oxygen atoms in total. The average Bonchev–Trinajstić information content (AvgIpc) is 2.98. The van der Waals surface area contributed by atoms with Crippen LogP contribution < -0.4 is 10.1 Å². The van der Waals surface area contributed by atoms with Crippen LogP contribution in [0.25, 0.3) is 0 Å². The SMILES string of the molecule is COc1cc(CN2CCc3nnc([C@@H](C)NC(=O)C(C)C)n3CC2)ccc1F. The van der Waals surface area contributed by atoms with Gasteiger partial charge in [-0.2, -0.15) is 0 Å². The van der Waals surface area contributed by atoms with Crippen LogP contribution in [0.4, 0.5) is 4.39 Å². The van der Waals surface area contributed by atoms with Gasteiger partial charge in [0.15, 0.2) is 17.4 Å². The van der Waals surface area contributed by atoms with Crippen molar-refractivity contribution in [2.24, 2.45) is 5.92 Å². The van der Waals surface area contributed by atoms with E-state index < -0.39 is 0 Å². The van der Waals surface area contributed by atoms with Crippen LogP contribution >= 0.6 is 0 Å². The second-order valence-corrected chi connectivity index (χ2v) is 7.51. The van der Waals surface area contributed by atoms with Crippen molar-refractivity contribution in [2.75, 3.05) is 20.2 Å². The van der Waals surface area contributed by atoms with Crippen molar-refractivity contribution >= 4 is 5.91 Å². The van der Waals surface area contributed by atoms with Crippen LogP contribution in [0.3, 0.4) is 0 Å². The third kappa shape index (κ3) is 4.49. The maximum atomic E-state index is 13.6. The first kappa shape index (κ1) is 20.3. The Hall–Kier alpha value is -2.48. The fourth-order valence-electron chi connectivity index (χ4n) is 3.37. The third-order valence-corrected chi connectivity index (χ3v) is 5.04. The number of rotatable bonds is 6. The molecule has 152 valence electrons. The molecule has 1 N–H and O–H groups in total. The number of fused-ring (bicyclic) bond motifs is 1. The Morgan fingerprint density at radius 2 is 2.04 bits per heavy atom. The van der Waals surface area contributed by atoms with Crippen molar-refractivity contribution in [3.05, 3.63) is 41.2 Å². The van der Waals surface area contributed by atoms with Gasteiger partial charge in [-0.3, -0.25) is 9.69 Å². The molecule has 1 aliphatic heterocycles. The number of amides is 1. The maximum Gasteiger partial charge on any atom is 0.223 e. The third-order valence-electron chi connectivity index (χ3n) is 5.04. The second-order valence-electron chi connectivity index (χ2n) is 7.51. The van der Waals surface area contributed by atoms with Gasteiger partial charge in [0.25, 0.3) is 0 Å². The van der Waals surface area contributed by atoms with Crippen LogP contribution in [0.1, 0.15) is 44.0 Å². The van der Waals surface area contributed by atoms with Crippen LogP contribution in [-0.2, 0) is 24.3 Å². The van der Waals surface area contributed by atoms with Gasteiger partial charge in [-0.1, -0.05) is 19.9 Å². The van der Waals surface area contributed by atoms with Crippen LogP contribution in [0.5, 0.6) is 5.75 Å². The summed E-state index contributed by atoms with van der Waals surface area (Å²) >= 11 is 0. The zero-order valence-corrected chi connectivity index (χ0v) is 16.9. The standard InChI is InChI=1S/C20H28FN5O2/c1-13(2)20(27)22-14(3)19-24-23-18-7-8-25(9-10-26(18)19)12-15-5-6-16(21)17(11-15)28-4/h5-6,11,13-14H,7-10,12H2,1-4H3,(H,22,27)/t14-/m1/s1. The molecular weight excluding hydrogens is 361 g/mol. The molecule has 1 amide bonds. The van der Waals surface area contributed by atoms with E-state index >= 15 is 0 Å². The van der Waals surface area contributed by atoms with E-state index in [1.54, 1.807) is 12.1 Å². The molecule has 1 aromatic carbocycles. The molecule has 0 saturated carbocycles. The molecule has 0 fully saturated rings. The summed E-state index contributed by atoms with van der Waals surface area (Å²) in [6.07, 6.45) is 0.774. The van der Waals surface area contributed by atoms with Gasteiger partial charge in [-0.15, -0.1) is 10.2 Å². The van der Waals surface area contributed by atoms with E-state index in [2.05, 4.69) is 25.0 Å². The van der Waals surface area contributed by atoms with E-state index in [1.165, 1.54) is 13.2 Å². The Balaban J connectivity index is 1.67. The number of nitrogens with zero attached hydrogens (tertiary/aromatic N) is 4. The van der Waals surface area contributed by atoms with E-state index in [0.717, 1.165) is 43.3 Å². The first-order chi connectivity index (χ1) is 13.4. The van der Waals surface area contributed by atoms with Gasteiger partial charge < -0.3 is 14.6 Å². The molecule has 0 spiro atoms. The van der Waals surface area contributed by atoms with E-state index in [1.807, 2.05) is 20.8 Å². The maximum absolute atomic E-state index is 13.6. The first-order valence-corrected chi connectivity index (χ1v) is 9.66. The minimum absolute atomic E-state index is 0.00496. The molecule has 1 aromatic heterocycles. The summed E-state index contributed by atoms with van der Waals surface area (Å²) in [7, 11) is 1.47. The Kier molecular flexibility index (Phi) is 6.28. The summed E-state index contributed by atoms with van der Waals surface area (Å²) < 4.78 is 20.8. The fraction of sp³-hybridized carbons (Fsp3) is 0.550. The lowest BCUT2D eigenvalue weighted by Crippen LogP contribution is -2.32. The van der Waals surface area contributed by atoms with Gasteiger partial charge in [0.2, 0.25) is 5.91 Å². The number of methoxy groups -OCH3 is 1. The summed E-state index contributed by atoms with van der Waals surface area (Å²) in [5.41, 5.74) is 1.01. The highest BCUT2D eigenvalue weighted by atomic mass is 19.1. The van der Waals surface area contributed by atoms with Crippen molar-refractivity contribution in [3.63, 3.8) is 0 Å². The zero-order valence-electron chi connectivity index (χ0n) is 16.9. The lowest BCUT2D eigenvalue weighted by molar-refractivity contribution is -0.124. The molecule has 0 bridgehead atoms.